The Bertz CT molecular complexity index is 579. The fourth-order valence-electron chi connectivity index (χ4n) is 1.23. The van der Waals surface area contributed by atoms with Crippen molar-refractivity contribution in [1.29, 1.82) is 5.26 Å². The lowest BCUT2D eigenvalue weighted by Gasteiger charge is -2.08. The number of amides is 1. The van der Waals surface area contributed by atoms with Gasteiger partial charge in [-0.25, -0.2) is 4.79 Å². The van der Waals surface area contributed by atoms with Crippen LogP contribution in [0.4, 0.5) is 5.00 Å². The van der Waals surface area contributed by atoms with Crippen molar-refractivity contribution in [2.75, 3.05) is 18.5 Å². The van der Waals surface area contributed by atoms with Crippen LogP contribution in [-0.4, -0.2) is 40.6 Å². The van der Waals surface area contributed by atoms with Gasteiger partial charge in [0.25, 0.3) is 5.91 Å². The molecule has 0 aliphatic carbocycles. The molecule has 0 saturated heterocycles. The van der Waals surface area contributed by atoms with Crippen molar-refractivity contribution >= 4 is 34.4 Å². The first-order valence-corrected chi connectivity index (χ1v) is 6.69. The van der Waals surface area contributed by atoms with Gasteiger partial charge < -0.3 is 14.8 Å². The highest BCUT2D eigenvalue weighted by Gasteiger charge is 2.30. The zero-order valence-corrected chi connectivity index (χ0v) is 12.1. The lowest BCUT2D eigenvalue weighted by Crippen LogP contribution is -2.30. The van der Waals surface area contributed by atoms with Crippen molar-refractivity contribution in [3.8, 4) is 6.07 Å². The van der Waals surface area contributed by atoms with Crippen LogP contribution in [-0.2, 0) is 19.1 Å². The maximum absolute atomic E-state index is 11.9. The fourth-order valence-corrected chi connectivity index (χ4v) is 1.79. The molecule has 112 valence electrons. The molecule has 0 saturated carbocycles. The largest absolute Gasteiger partial charge is 0.465 e. The Morgan fingerprint density at radius 2 is 2.00 bits per heavy atom. The van der Waals surface area contributed by atoms with Gasteiger partial charge in [0, 0.05) is 11.5 Å². The minimum absolute atomic E-state index is 0.00278. The van der Waals surface area contributed by atoms with Gasteiger partial charge in [-0.2, -0.15) is 5.26 Å². The highest BCUT2D eigenvalue weighted by Crippen LogP contribution is 2.19. The molecule has 1 unspecified atom stereocenters. The van der Waals surface area contributed by atoms with Gasteiger partial charge in [-0.3, -0.25) is 9.59 Å². The van der Waals surface area contributed by atoms with E-state index in [1.165, 1.54) is 6.07 Å². The van der Waals surface area contributed by atoms with E-state index >= 15 is 0 Å². The molecule has 10 heteroatoms. The number of anilines is 1. The zero-order valence-electron chi connectivity index (χ0n) is 11.3. The first kappa shape index (κ1) is 16.5. The second-order valence-corrected chi connectivity index (χ2v) is 4.23. The average Bonchev–Trinajstić information content (AvgIpc) is 2.88. The zero-order chi connectivity index (χ0) is 15.8. The predicted octanol–water partition coefficient (Wildman–Crippen LogP) is 0.356. The van der Waals surface area contributed by atoms with Crippen LogP contribution in [0.25, 0.3) is 0 Å². The summed E-state index contributed by atoms with van der Waals surface area (Å²) in [6, 6.07) is 1.53. The van der Waals surface area contributed by atoms with Crippen molar-refractivity contribution in [3.05, 3.63) is 5.69 Å². The first-order valence-electron chi connectivity index (χ1n) is 5.91. The number of nitriles is 1. The number of carbonyl (C=O) groups excluding carboxylic acids is 3. The van der Waals surface area contributed by atoms with Crippen LogP contribution in [0.2, 0.25) is 0 Å². The summed E-state index contributed by atoms with van der Waals surface area (Å²) in [6.07, 6.45) is 0. The minimum Gasteiger partial charge on any atom is -0.465 e. The van der Waals surface area contributed by atoms with E-state index in [1.54, 1.807) is 13.8 Å². The Morgan fingerprint density at radius 1 is 1.33 bits per heavy atom. The number of ether oxygens (including phenoxy) is 2. The summed E-state index contributed by atoms with van der Waals surface area (Å²) in [7, 11) is 0. The molecule has 1 aromatic heterocycles. The molecule has 1 heterocycles. The third-order valence-electron chi connectivity index (χ3n) is 2.11. The van der Waals surface area contributed by atoms with E-state index in [2.05, 4.69) is 19.6 Å². The van der Waals surface area contributed by atoms with Gasteiger partial charge in [-0.05, 0) is 13.8 Å². The van der Waals surface area contributed by atoms with E-state index in [0.717, 1.165) is 11.5 Å². The third kappa shape index (κ3) is 4.22. The molecule has 0 aromatic carbocycles. The standard InChI is InChI=1S/C11H12N4O5S/c1-3-19-10(17)6(5-12)8(16)13-9-7(14-15-21-9)11(18)20-4-2/h6H,3-4H2,1-2H3,(H,13,16). The monoisotopic (exact) mass is 312 g/mol. The normalized spacial score (nSPS) is 11.1. The Hall–Kier alpha value is -2.54. The lowest BCUT2D eigenvalue weighted by molar-refractivity contribution is -0.148. The second-order valence-electron chi connectivity index (χ2n) is 3.47. The Balaban J connectivity index is 2.84. The summed E-state index contributed by atoms with van der Waals surface area (Å²) in [5.41, 5.74) is -0.184. The summed E-state index contributed by atoms with van der Waals surface area (Å²) in [6.45, 7) is 3.34. The van der Waals surface area contributed by atoms with Crippen LogP contribution < -0.4 is 5.32 Å². The summed E-state index contributed by atoms with van der Waals surface area (Å²) >= 11 is 0.730. The average molecular weight is 312 g/mol. The minimum atomic E-state index is -1.64. The van der Waals surface area contributed by atoms with Crippen molar-refractivity contribution in [3.63, 3.8) is 0 Å². The maximum Gasteiger partial charge on any atom is 0.362 e. The molecule has 1 aromatic rings. The molecule has 0 spiro atoms. The molecular formula is C11H12N4O5S. The van der Waals surface area contributed by atoms with Gasteiger partial charge in [0.15, 0.2) is 5.00 Å². The SMILES string of the molecule is CCOC(=O)c1nnsc1NC(=O)C(C#N)C(=O)OCC. The van der Waals surface area contributed by atoms with Crippen molar-refractivity contribution in [2.24, 2.45) is 5.92 Å². The molecule has 21 heavy (non-hydrogen) atoms. The number of nitrogens with one attached hydrogen (secondary N) is 1. The van der Waals surface area contributed by atoms with E-state index in [-0.39, 0.29) is 23.9 Å². The number of rotatable bonds is 6. The summed E-state index contributed by atoms with van der Waals surface area (Å²) in [5.74, 6) is -4.28. The fraction of sp³-hybridized carbons (Fsp3) is 0.455. The summed E-state index contributed by atoms with van der Waals surface area (Å²) in [5, 5.41) is 14.6. The number of nitrogens with zero attached hydrogens (tertiary/aromatic N) is 3. The van der Waals surface area contributed by atoms with E-state index in [9.17, 15) is 14.4 Å². The smallest absolute Gasteiger partial charge is 0.362 e. The number of carbonyl (C=O) groups is 3. The van der Waals surface area contributed by atoms with Gasteiger partial charge in [-0.15, -0.1) is 5.10 Å². The number of aromatic nitrogens is 2. The number of hydrogen-bond acceptors (Lipinski definition) is 9. The van der Waals surface area contributed by atoms with Crippen LogP contribution in [0, 0.1) is 17.2 Å². The Kier molecular flexibility index (Phi) is 6.22. The molecule has 0 fully saturated rings. The molecule has 0 aliphatic heterocycles. The molecule has 1 rings (SSSR count). The maximum atomic E-state index is 11.9. The molecule has 1 amide bonds. The van der Waals surface area contributed by atoms with E-state index in [1.807, 2.05) is 0 Å². The van der Waals surface area contributed by atoms with Crippen molar-refractivity contribution in [2.45, 2.75) is 13.8 Å². The molecule has 1 N–H and O–H groups in total. The van der Waals surface area contributed by atoms with E-state index in [0.29, 0.717) is 0 Å². The number of hydrogen-bond donors (Lipinski definition) is 1. The van der Waals surface area contributed by atoms with E-state index < -0.39 is 23.8 Å². The summed E-state index contributed by atoms with van der Waals surface area (Å²) < 4.78 is 12.9. The van der Waals surface area contributed by atoms with E-state index in [4.69, 9.17) is 10.00 Å². The topological polar surface area (TPSA) is 131 Å². The Morgan fingerprint density at radius 3 is 2.57 bits per heavy atom. The lowest BCUT2D eigenvalue weighted by atomic mass is 10.1. The molecule has 0 radical (unpaired) electrons. The van der Waals surface area contributed by atoms with Crippen molar-refractivity contribution < 1.29 is 23.9 Å². The van der Waals surface area contributed by atoms with Crippen LogP contribution in [0.1, 0.15) is 24.3 Å². The predicted molar refractivity (Wildman–Crippen MR) is 70.2 cm³/mol. The van der Waals surface area contributed by atoms with Gasteiger partial charge >= 0.3 is 11.9 Å². The molecular weight excluding hydrogens is 300 g/mol. The quantitative estimate of drug-likeness (QED) is 0.588. The van der Waals surface area contributed by atoms with Gasteiger partial charge in [0.1, 0.15) is 0 Å². The third-order valence-corrected chi connectivity index (χ3v) is 2.75. The van der Waals surface area contributed by atoms with Crippen molar-refractivity contribution in [1.82, 2.24) is 9.59 Å². The Labute approximate surface area is 124 Å². The first-order chi connectivity index (χ1) is 10.0. The van der Waals surface area contributed by atoms with Crippen LogP contribution in [0.15, 0.2) is 0 Å². The second kappa shape index (κ2) is 7.91. The van der Waals surface area contributed by atoms with Gasteiger partial charge in [0.2, 0.25) is 11.6 Å². The van der Waals surface area contributed by atoms with Crippen LogP contribution in [0.5, 0.6) is 0 Å². The molecule has 9 nitrogen and oxygen atoms in total. The molecule has 0 aliphatic rings. The van der Waals surface area contributed by atoms with Crippen LogP contribution >= 0.6 is 11.5 Å². The van der Waals surface area contributed by atoms with Crippen LogP contribution in [0.3, 0.4) is 0 Å². The highest BCUT2D eigenvalue weighted by molar-refractivity contribution is 7.10. The van der Waals surface area contributed by atoms with Gasteiger partial charge in [0.05, 0.1) is 19.3 Å². The number of esters is 2. The molecule has 0 bridgehead atoms. The molecule has 1 atom stereocenters. The summed E-state index contributed by atoms with van der Waals surface area (Å²) in [4.78, 5) is 34.9. The highest BCUT2D eigenvalue weighted by atomic mass is 32.1. The van der Waals surface area contributed by atoms with Gasteiger partial charge in [-0.1, -0.05) is 4.49 Å².